The predicted molar refractivity (Wildman–Crippen MR) is 116 cm³/mol. The Kier molecular flexibility index (Phi) is 11.3. The van der Waals surface area contributed by atoms with Crippen molar-refractivity contribution in [2.24, 2.45) is 4.99 Å². The molecule has 1 aromatic carbocycles. The summed E-state index contributed by atoms with van der Waals surface area (Å²) in [5, 5.41) is 6.13. The zero-order valence-corrected chi connectivity index (χ0v) is 19.2. The van der Waals surface area contributed by atoms with Crippen molar-refractivity contribution >= 4 is 40.0 Å². The van der Waals surface area contributed by atoms with Crippen LogP contribution in [0.3, 0.4) is 0 Å². The van der Waals surface area contributed by atoms with Crippen LogP contribution in [-0.2, 0) is 10.0 Å². The number of nitrogens with zero attached hydrogens (tertiary/aromatic N) is 2. The van der Waals surface area contributed by atoms with Crippen molar-refractivity contribution in [3.05, 3.63) is 35.1 Å². The molecule has 0 spiro atoms. The Morgan fingerprint density at radius 1 is 1.31 bits per heavy atom. The first-order valence-electron chi connectivity index (χ1n) is 8.46. The van der Waals surface area contributed by atoms with Crippen LogP contribution in [-0.4, -0.2) is 51.1 Å². The van der Waals surface area contributed by atoms with Gasteiger partial charge in [0.25, 0.3) is 0 Å². The Morgan fingerprint density at radius 2 is 1.92 bits per heavy atom. The van der Waals surface area contributed by atoms with E-state index in [9.17, 15) is 12.8 Å². The minimum Gasteiger partial charge on any atom is -0.355 e. The van der Waals surface area contributed by atoms with E-state index in [1.165, 1.54) is 10.4 Å². The molecule has 0 fully saturated rings. The molecule has 0 saturated heterocycles. The number of halogens is 2. The molecule has 0 saturated carbocycles. The summed E-state index contributed by atoms with van der Waals surface area (Å²) in [6.45, 7) is 8.41. The molecule has 0 amide bonds. The minimum absolute atomic E-state index is 0. The second-order valence-electron chi connectivity index (χ2n) is 5.77. The zero-order valence-electron chi connectivity index (χ0n) is 16.0. The normalized spacial score (nSPS) is 13.3. The van der Waals surface area contributed by atoms with Gasteiger partial charge in [-0.1, -0.05) is 26.0 Å². The molecule has 1 atom stereocenters. The predicted octanol–water partition coefficient (Wildman–Crippen LogP) is 2.65. The van der Waals surface area contributed by atoms with Gasteiger partial charge in [-0.05, 0) is 31.0 Å². The van der Waals surface area contributed by atoms with Crippen molar-refractivity contribution in [2.75, 3.05) is 32.4 Å². The molecular formula is C17H30FIN4O2S. The van der Waals surface area contributed by atoms with E-state index in [1.54, 1.807) is 20.0 Å². The van der Waals surface area contributed by atoms with Crippen molar-refractivity contribution in [1.82, 2.24) is 14.9 Å². The van der Waals surface area contributed by atoms with Crippen LogP contribution in [0.2, 0.25) is 0 Å². The highest BCUT2D eigenvalue weighted by atomic mass is 127. The second kappa shape index (κ2) is 11.7. The van der Waals surface area contributed by atoms with Crippen LogP contribution in [0.25, 0.3) is 0 Å². The van der Waals surface area contributed by atoms with E-state index in [0.29, 0.717) is 24.6 Å². The average molecular weight is 500 g/mol. The SMILES string of the molecule is CCN(CC)S(=O)(=O)CCNC(=NC)NC(C)c1ccc(C)c(F)c1.I. The van der Waals surface area contributed by atoms with Gasteiger partial charge < -0.3 is 10.6 Å². The smallest absolute Gasteiger partial charge is 0.215 e. The molecule has 9 heteroatoms. The van der Waals surface area contributed by atoms with Crippen LogP contribution >= 0.6 is 24.0 Å². The third-order valence-electron chi connectivity index (χ3n) is 4.02. The Balaban J connectivity index is 0.00000625. The van der Waals surface area contributed by atoms with E-state index in [1.807, 2.05) is 26.8 Å². The van der Waals surface area contributed by atoms with Crippen molar-refractivity contribution in [1.29, 1.82) is 0 Å². The largest absolute Gasteiger partial charge is 0.355 e. The van der Waals surface area contributed by atoms with Crippen LogP contribution in [0.4, 0.5) is 4.39 Å². The van der Waals surface area contributed by atoms with Gasteiger partial charge in [0.2, 0.25) is 10.0 Å². The summed E-state index contributed by atoms with van der Waals surface area (Å²) in [6, 6.07) is 4.91. The monoisotopic (exact) mass is 500 g/mol. The molecule has 0 aromatic heterocycles. The van der Waals surface area contributed by atoms with Gasteiger partial charge in [-0.15, -0.1) is 24.0 Å². The van der Waals surface area contributed by atoms with Gasteiger partial charge in [0.15, 0.2) is 5.96 Å². The average Bonchev–Trinajstić information content (AvgIpc) is 2.56. The molecule has 0 heterocycles. The maximum atomic E-state index is 13.7. The number of guanidine groups is 1. The lowest BCUT2D eigenvalue weighted by Crippen LogP contribution is -2.42. The molecule has 1 aromatic rings. The molecule has 2 N–H and O–H groups in total. The van der Waals surface area contributed by atoms with Gasteiger partial charge in [-0.25, -0.2) is 17.1 Å². The number of aryl methyl sites for hydroxylation is 1. The van der Waals surface area contributed by atoms with Gasteiger partial charge in [0.05, 0.1) is 11.8 Å². The van der Waals surface area contributed by atoms with Crippen molar-refractivity contribution in [3.63, 3.8) is 0 Å². The molecule has 0 aliphatic heterocycles. The van der Waals surface area contributed by atoms with Gasteiger partial charge in [-0.2, -0.15) is 0 Å². The van der Waals surface area contributed by atoms with Gasteiger partial charge in [0, 0.05) is 26.7 Å². The standard InChI is InChI=1S/C17H29FN4O2S.HI/c1-6-22(7-2)25(23,24)11-10-20-17(19-5)21-14(4)15-9-8-13(3)16(18)12-15;/h8-9,12,14H,6-7,10-11H2,1-5H3,(H2,19,20,21);1H. The molecule has 1 unspecified atom stereocenters. The van der Waals surface area contributed by atoms with Gasteiger partial charge in [-0.3, -0.25) is 4.99 Å². The Morgan fingerprint density at radius 3 is 2.42 bits per heavy atom. The third kappa shape index (κ3) is 7.36. The molecule has 1 rings (SSSR count). The summed E-state index contributed by atoms with van der Waals surface area (Å²) in [5.74, 6) is 0.214. The van der Waals surface area contributed by atoms with E-state index in [2.05, 4.69) is 15.6 Å². The lowest BCUT2D eigenvalue weighted by molar-refractivity contribution is 0.445. The fourth-order valence-corrected chi connectivity index (χ4v) is 3.81. The van der Waals surface area contributed by atoms with Crippen molar-refractivity contribution in [3.8, 4) is 0 Å². The second-order valence-corrected chi connectivity index (χ2v) is 7.86. The molecule has 0 aliphatic carbocycles. The van der Waals surface area contributed by atoms with E-state index in [-0.39, 0.29) is 48.1 Å². The third-order valence-corrected chi connectivity index (χ3v) is 6.05. The zero-order chi connectivity index (χ0) is 19.0. The minimum atomic E-state index is -3.28. The molecular weight excluding hydrogens is 470 g/mol. The molecule has 26 heavy (non-hydrogen) atoms. The number of rotatable bonds is 8. The maximum absolute atomic E-state index is 13.7. The van der Waals surface area contributed by atoms with E-state index in [0.717, 1.165) is 5.56 Å². The molecule has 0 bridgehead atoms. The van der Waals surface area contributed by atoms with Crippen LogP contribution < -0.4 is 10.6 Å². The highest BCUT2D eigenvalue weighted by Crippen LogP contribution is 2.16. The number of aliphatic imine (C=N–C) groups is 1. The summed E-state index contributed by atoms with van der Waals surface area (Å²) in [5.41, 5.74) is 1.39. The first-order valence-corrected chi connectivity index (χ1v) is 10.1. The summed E-state index contributed by atoms with van der Waals surface area (Å²) in [4.78, 5) is 4.09. The van der Waals surface area contributed by atoms with E-state index >= 15 is 0 Å². The van der Waals surface area contributed by atoms with Gasteiger partial charge >= 0.3 is 0 Å². The summed E-state index contributed by atoms with van der Waals surface area (Å²) in [6.07, 6.45) is 0. The van der Waals surface area contributed by atoms with Crippen LogP contribution in [0, 0.1) is 12.7 Å². The van der Waals surface area contributed by atoms with Crippen LogP contribution in [0.1, 0.15) is 37.9 Å². The maximum Gasteiger partial charge on any atom is 0.215 e. The number of hydrogen-bond acceptors (Lipinski definition) is 3. The van der Waals surface area contributed by atoms with Crippen molar-refractivity contribution in [2.45, 2.75) is 33.7 Å². The lowest BCUT2D eigenvalue weighted by Gasteiger charge is -2.21. The quantitative estimate of drug-likeness (QED) is 0.327. The number of sulfonamides is 1. The number of nitrogens with one attached hydrogen (secondary N) is 2. The van der Waals surface area contributed by atoms with Gasteiger partial charge in [0.1, 0.15) is 5.82 Å². The molecule has 6 nitrogen and oxygen atoms in total. The van der Waals surface area contributed by atoms with Crippen LogP contribution in [0.5, 0.6) is 0 Å². The van der Waals surface area contributed by atoms with E-state index in [4.69, 9.17) is 0 Å². The Bertz CT molecular complexity index is 694. The topological polar surface area (TPSA) is 73.8 Å². The fraction of sp³-hybridized carbons (Fsp3) is 0.588. The number of benzene rings is 1. The number of hydrogen-bond donors (Lipinski definition) is 2. The summed E-state index contributed by atoms with van der Waals surface area (Å²) >= 11 is 0. The highest BCUT2D eigenvalue weighted by molar-refractivity contribution is 14.0. The van der Waals surface area contributed by atoms with E-state index < -0.39 is 10.0 Å². The molecule has 150 valence electrons. The summed E-state index contributed by atoms with van der Waals surface area (Å²) < 4.78 is 39.4. The lowest BCUT2D eigenvalue weighted by atomic mass is 10.1. The fourth-order valence-electron chi connectivity index (χ4n) is 2.41. The Labute approximate surface area is 173 Å². The first kappa shape index (κ1) is 25.1. The Hall–Kier alpha value is -0.940. The van der Waals surface area contributed by atoms with Crippen LogP contribution in [0.15, 0.2) is 23.2 Å². The molecule has 0 radical (unpaired) electrons. The van der Waals surface area contributed by atoms with Crippen molar-refractivity contribution < 1.29 is 12.8 Å². The highest BCUT2D eigenvalue weighted by Gasteiger charge is 2.18. The first-order chi connectivity index (χ1) is 11.7. The molecule has 0 aliphatic rings. The summed E-state index contributed by atoms with van der Waals surface area (Å²) in [7, 11) is -1.67.